The summed E-state index contributed by atoms with van der Waals surface area (Å²) in [5.74, 6) is -0.110. The molecule has 0 aromatic heterocycles. The lowest BCUT2D eigenvalue weighted by Crippen LogP contribution is -2.39. The van der Waals surface area contributed by atoms with Crippen LogP contribution in [0.3, 0.4) is 0 Å². The van der Waals surface area contributed by atoms with Crippen LogP contribution in [0.4, 0.5) is 11.4 Å². The zero-order valence-corrected chi connectivity index (χ0v) is 18.8. The molecule has 1 N–H and O–H groups in total. The molecule has 0 radical (unpaired) electrons. The number of rotatable bonds is 5. The van der Waals surface area contributed by atoms with Gasteiger partial charge in [-0.3, -0.25) is 14.6 Å². The third-order valence-corrected chi connectivity index (χ3v) is 5.62. The molecule has 2 amide bonds. The van der Waals surface area contributed by atoms with Crippen LogP contribution >= 0.6 is 11.6 Å². The van der Waals surface area contributed by atoms with Crippen molar-refractivity contribution >= 4 is 40.5 Å². The van der Waals surface area contributed by atoms with Gasteiger partial charge < -0.3 is 10.2 Å². The molecule has 0 aliphatic carbocycles. The molecule has 0 atom stereocenters. The topological polar surface area (TPSA) is 61.8 Å². The molecule has 1 aliphatic rings. The van der Waals surface area contributed by atoms with E-state index < -0.39 is 0 Å². The summed E-state index contributed by atoms with van der Waals surface area (Å²) < 4.78 is 0. The first kappa shape index (κ1) is 21.8. The molecular formula is C26H24ClN3O2. The lowest BCUT2D eigenvalue weighted by molar-refractivity contribution is -0.120. The van der Waals surface area contributed by atoms with E-state index in [9.17, 15) is 9.59 Å². The van der Waals surface area contributed by atoms with Crippen molar-refractivity contribution in [2.45, 2.75) is 19.8 Å². The fourth-order valence-corrected chi connectivity index (χ4v) is 3.87. The Morgan fingerprint density at radius 1 is 1.06 bits per heavy atom. The van der Waals surface area contributed by atoms with Gasteiger partial charge in [0.05, 0.1) is 11.4 Å². The van der Waals surface area contributed by atoms with Crippen molar-refractivity contribution in [1.29, 1.82) is 0 Å². The molecule has 0 spiro atoms. The molecule has 0 saturated carbocycles. The zero-order chi connectivity index (χ0) is 22.7. The molecule has 4 rings (SSSR count). The van der Waals surface area contributed by atoms with Crippen LogP contribution in [-0.4, -0.2) is 30.6 Å². The van der Waals surface area contributed by atoms with E-state index in [4.69, 9.17) is 11.6 Å². The first-order valence-electron chi connectivity index (χ1n) is 10.5. The molecule has 32 heavy (non-hydrogen) atoms. The van der Waals surface area contributed by atoms with E-state index in [-0.39, 0.29) is 24.9 Å². The van der Waals surface area contributed by atoms with Gasteiger partial charge in [-0.1, -0.05) is 67.9 Å². The Morgan fingerprint density at radius 3 is 2.47 bits per heavy atom. The van der Waals surface area contributed by atoms with Crippen LogP contribution in [0.15, 0.2) is 77.8 Å². The number of carbonyl (C=O) groups is 2. The van der Waals surface area contributed by atoms with Crippen LogP contribution in [-0.2, 0) is 9.59 Å². The van der Waals surface area contributed by atoms with Gasteiger partial charge in [-0.25, -0.2) is 0 Å². The summed E-state index contributed by atoms with van der Waals surface area (Å²) >= 11 is 6.28. The van der Waals surface area contributed by atoms with Gasteiger partial charge in [0.2, 0.25) is 11.8 Å². The molecule has 6 heteroatoms. The highest BCUT2D eigenvalue weighted by atomic mass is 35.5. The molecule has 0 bridgehead atoms. The Hall–Kier alpha value is -3.44. The number of fused-ring (bicyclic) bond motifs is 1. The van der Waals surface area contributed by atoms with Crippen LogP contribution < -0.4 is 10.2 Å². The molecule has 1 aliphatic heterocycles. The fraction of sp³-hybridized carbons (Fsp3) is 0.192. The molecule has 0 saturated heterocycles. The average molecular weight is 446 g/mol. The third-order valence-electron chi connectivity index (χ3n) is 5.39. The van der Waals surface area contributed by atoms with E-state index >= 15 is 0 Å². The minimum absolute atomic E-state index is 0.0487. The molecular weight excluding hydrogens is 422 g/mol. The standard InChI is InChI=1S/C26H24ClN3O2/c1-17(2)18-8-11-21(12-9-18)29-24(31)16-30-23-13-10-20(27)14-22(23)26(28-15-25(30)32)19-6-4-3-5-7-19/h3-14,17H,15-16H2,1-2H3,(H,29,31). The average Bonchev–Trinajstić information content (AvgIpc) is 2.91. The molecule has 5 nitrogen and oxygen atoms in total. The van der Waals surface area contributed by atoms with Crippen LogP contribution in [0.2, 0.25) is 5.02 Å². The van der Waals surface area contributed by atoms with Gasteiger partial charge in [0.25, 0.3) is 0 Å². The Bertz CT molecular complexity index is 1170. The van der Waals surface area contributed by atoms with E-state index in [1.54, 1.807) is 18.2 Å². The van der Waals surface area contributed by atoms with Crippen molar-refractivity contribution in [3.05, 3.63) is 94.5 Å². The fourth-order valence-electron chi connectivity index (χ4n) is 3.70. The van der Waals surface area contributed by atoms with E-state index in [1.807, 2.05) is 54.6 Å². The molecule has 0 fully saturated rings. The number of halogens is 1. The molecule has 3 aromatic rings. The number of nitrogens with one attached hydrogen (secondary N) is 1. The summed E-state index contributed by atoms with van der Waals surface area (Å²) in [6.45, 7) is 4.08. The van der Waals surface area contributed by atoms with Crippen molar-refractivity contribution < 1.29 is 9.59 Å². The lowest BCUT2D eigenvalue weighted by atomic mass is 10.00. The van der Waals surface area contributed by atoms with Crippen molar-refractivity contribution in [3.63, 3.8) is 0 Å². The molecule has 0 unspecified atom stereocenters. The Balaban J connectivity index is 1.61. The third kappa shape index (κ3) is 4.73. The van der Waals surface area contributed by atoms with Crippen molar-refractivity contribution in [2.75, 3.05) is 23.3 Å². The minimum Gasteiger partial charge on any atom is -0.325 e. The lowest BCUT2D eigenvalue weighted by Gasteiger charge is -2.23. The maximum absolute atomic E-state index is 13.0. The summed E-state index contributed by atoms with van der Waals surface area (Å²) in [5, 5.41) is 3.42. The van der Waals surface area contributed by atoms with Crippen molar-refractivity contribution in [2.24, 2.45) is 4.99 Å². The minimum atomic E-state index is -0.278. The normalized spacial score (nSPS) is 13.4. The first-order chi connectivity index (χ1) is 15.4. The second kappa shape index (κ2) is 9.37. The SMILES string of the molecule is CC(C)c1ccc(NC(=O)CN2C(=O)CN=C(c3ccccc3)c3cc(Cl)ccc32)cc1. The Labute approximate surface area is 192 Å². The van der Waals surface area contributed by atoms with Gasteiger partial charge in [-0.15, -0.1) is 0 Å². The van der Waals surface area contributed by atoms with E-state index in [1.165, 1.54) is 10.5 Å². The zero-order valence-electron chi connectivity index (χ0n) is 18.0. The number of benzene rings is 3. The number of anilines is 2. The Kier molecular flexibility index (Phi) is 6.37. The summed E-state index contributed by atoms with van der Waals surface area (Å²) in [6.07, 6.45) is 0. The highest BCUT2D eigenvalue weighted by Crippen LogP contribution is 2.29. The number of carbonyl (C=O) groups excluding carboxylic acids is 2. The van der Waals surface area contributed by atoms with E-state index in [0.29, 0.717) is 28.0 Å². The van der Waals surface area contributed by atoms with E-state index in [2.05, 4.69) is 24.2 Å². The van der Waals surface area contributed by atoms with Crippen LogP contribution in [0.5, 0.6) is 0 Å². The van der Waals surface area contributed by atoms with Gasteiger partial charge in [0.1, 0.15) is 13.1 Å². The number of benzodiazepines with no additional fused rings is 1. The molecule has 1 heterocycles. The Morgan fingerprint density at radius 2 is 1.78 bits per heavy atom. The quantitative estimate of drug-likeness (QED) is 0.580. The number of nitrogens with zero attached hydrogens (tertiary/aromatic N) is 2. The predicted molar refractivity (Wildman–Crippen MR) is 130 cm³/mol. The van der Waals surface area contributed by atoms with Gasteiger partial charge in [-0.05, 0) is 41.8 Å². The smallest absolute Gasteiger partial charge is 0.249 e. The second-order valence-corrected chi connectivity index (χ2v) is 8.43. The maximum atomic E-state index is 13.0. The summed E-state index contributed by atoms with van der Waals surface area (Å²) in [6, 6.07) is 22.7. The maximum Gasteiger partial charge on any atom is 0.249 e. The molecule has 162 valence electrons. The first-order valence-corrected chi connectivity index (χ1v) is 10.9. The highest BCUT2D eigenvalue weighted by molar-refractivity contribution is 6.32. The predicted octanol–water partition coefficient (Wildman–Crippen LogP) is 5.29. The number of hydrogen-bond acceptors (Lipinski definition) is 3. The number of hydrogen-bond donors (Lipinski definition) is 1. The summed E-state index contributed by atoms with van der Waals surface area (Å²) in [7, 11) is 0. The second-order valence-electron chi connectivity index (χ2n) is 8.00. The van der Waals surface area contributed by atoms with Gasteiger partial charge >= 0.3 is 0 Å². The van der Waals surface area contributed by atoms with Gasteiger partial charge in [-0.2, -0.15) is 0 Å². The van der Waals surface area contributed by atoms with Crippen molar-refractivity contribution in [3.8, 4) is 0 Å². The number of aliphatic imine (C=N–C) groups is 1. The van der Waals surface area contributed by atoms with E-state index in [0.717, 1.165) is 11.1 Å². The monoisotopic (exact) mass is 445 g/mol. The van der Waals surface area contributed by atoms with Crippen LogP contribution in [0.25, 0.3) is 0 Å². The highest BCUT2D eigenvalue weighted by Gasteiger charge is 2.27. The van der Waals surface area contributed by atoms with Crippen molar-refractivity contribution in [1.82, 2.24) is 0 Å². The summed E-state index contributed by atoms with van der Waals surface area (Å²) in [5.41, 5.74) is 4.80. The largest absolute Gasteiger partial charge is 0.325 e. The van der Waals surface area contributed by atoms with Crippen LogP contribution in [0.1, 0.15) is 36.5 Å². The van der Waals surface area contributed by atoms with Gasteiger partial charge in [0.15, 0.2) is 0 Å². The van der Waals surface area contributed by atoms with Crippen LogP contribution in [0, 0.1) is 0 Å². The van der Waals surface area contributed by atoms with Gasteiger partial charge in [0, 0.05) is 21.8 Å². The molecule has 3 aromatic carbocycles. The number of amides is 2. The summed E-state index contributed by atoms with van der Waals surface area (Å²) in [4.78, 5) is 31.8.